The standard InChI is InChI=1S/C21H17Cl2N3O3S/c1-11(27)24-17-6-7-29-19-5-2-12(8-15(17)19)18-10-30-21(25-18)26-20(28)14-4-3-13(22)9-16(14)23/h2-5,8-10,17H,6-7H2,1H3,(H,24,27)(H,25,26,28). The molecule has 4 rings (SSSR count). The number of nitrogens with one attached hydrogen (secondary N) is 2. The van der Waals surface area contributed by atoms with Gasteiger partial charge in [0.1, 0.15) is 5.75 Å². The van der Waals surface area contributed by atoms with Crippen LogP contribution in [0.25, 0.3) is 11.3 Å². The second-order valence-corrected chi connectivity index (χ2v) is 8.46. The van der Waals surface area contributed by atoms with Crippen LogP contribution in [0.4, 0.5) is 5.13 Å². The summed E-state index contributed by atoms with van der Waals surface area (Å²) in [6, 6.07) is 10.3. The molecule has 0 spiro atoms. The summed E-state index contributed by atoms with van der Waals surface area (Å²) in [4.78, 5) is 28.5. The number of nitrogens with zero attached hydrogens (tertiary/aromatic N) is 1. The third kappa shape index (κ3) is 4.43. The molecule has 1 aromatic heterocycles. The van der Waals surface area contributed by atoms with Crippen LogP contribution in [0.3, 0.4) is 0 Å². The van der Waals surface area contributed by atoms with E-state index < -0.39 is 0 Å². The van der Waals surface area contributed by atoms with Crippen LogP contribution in [-0.2, 0) is 4.79 Å². The van der Waals surface area contributed by atoms with Crippen molar-refractivity contribution >= 4 is 51.5 Å². The van der Waals surface area contributed by atoms with Crippen LogP contribution in [0.5, 0.6) is 5.75 Å². The van der Waals surface area contributed by atoms with Crippen molar-refractivity contribution in [2.45, 2.75) is 19.4 Å². The maximum Gasteiger partial charge on any atom is 0.258 e. The Morgan fingerprint density at radius 2 is 2.03 bits per heavy atom. The molecule has 30 heavy (non-hydrogen) atoms. The van der Waals surface area contributed by atoms with Crippen molar-refractivity contribution in [1.82, 2.24) is 10.3 Å². The Morgan fingerprint density at radius 3 is 2.80 bits per heavy atom. The molecular weight excluding hydrogens is 445 g/mol. The van der Waals surface area contributed by atoms with Gasteiger partial charge in [0, 0.05) is 34.9 Å². The zero-order valence-corrected chi connectivity index (χ0v) is 18.2. The lowest BCUT2D eigenvalue weighted by molar-refractivity contribution is -0.119. The van der Waals surface area contributed by atoms with E-state index in [1.54, 1.807) is 12.1 Å². The van der Waals surface area contributed by atoms with Crippen LogP contribution >= 0.6 is 34.5 Å². The molecule has 0 saturated heterocycles. The minimum atomic E-state index is -0.359. The smallest absolute Gasteiger partial charge is 0.258 e. The second-order valence-electron chi connectivity index (χ2n) is 6.76. The summed E-state index contributed by atoms with van der Waals surface area (Å²) in [7, 11) is 0. The summed E-state index contributed by atoms with van der Waals surface area (Å²) in [5, 5.41) is 8.77. The van der Waals surface area contributed by atoms with Crippen molar-refractivity contribution in [2.75, 3.05) is 11.9 Å². The van der Waals surface area contributed by atoms with E-state index in [2.05, 4.69) is 15.6 Å². The minimum absolute atomic E-state index is 0.0854. The highest BCUT2D eigenvalue weighted by molar-refractivity contribution is 7.14. The first kappa shape index (κ1) is 20.7. The predicted molar refractivity (Wildman–Crippen MR) is 119 cm³/mol. The Balaban J connectivity index is 1.55. The topological polar surface area (TPSA) is 80.3 Å². The quantitative estimate of drug-likeness (QED) is 0.550. The molecule has 3 aromatic rings. The summed E-state index contributed by atoms with van der Waals surface area (Å²) in [5.74, 6) is 0.310. The molecule has 1 aliphatic heterocycles. The molecule has 154 valence electrons. The lowest BCUT2D eigenvalue weighted by Gasteiger charge is -2.26. The monoisotopic (exact) mass is 461 g/mol. The van der Waals surface area contributed by atoms with E-state index in [-0.39, 0.29) is 22.9 Å². The number of aromatic nitrogens is 1. The van der Waals surface area contributed by atoms with Crippen molar-refractivity contribution in [3.05, 3.63) is 63.0 Å². The molecular formula is C21H17Cl2N3O3S. The number of hydrogen-bond acceptors (Lipinski definition) is 5. The van der Waals surface area contributed by atoms with Crippen LogP contribution in [0, 0.1) is 0 Å². The van der Waals surface area contributed by atoms with Crippen LogP contribution in [0.2, 0.25) is 10.0 Å². The Hall–Kier alpha value is -2.61. The molecule has 1 aliphatic rings. The fourth-order valence-electron chi connectivity index (χ4n) is 3.25. The fraction of sp³-hybridized carbons (Fsp3) is 0.190. The number of fused-ring (bicyclic) bond motifs is 1. The highest BCUT2D eigenvalue weighted by Gasteiger charge is 2.23. The van der Waals surface area contributed by atoms with Gasteiger partial charge >= 0.3 is 0 Å². The zero-order valence-electron chi connectivity index (χ0n) is 15.9. The molecule has 1 atom stereocenters. The SMILES string of the molecule is CC(=O)NC1CCOc2ccc(-c3csc(NC(=O)c4ccc(Cl)cc4Cl)n3)cc21. The summed E-state index contributed by atoms with van der Waals surface area (Å²) in [6.07, 6.45) is 0.705. The summed E-state index contributed by atoms with van der Waals surface area (Å²) in [6.45, 7) is 2.05. The molecule has 6 nitrogen and oxygen atoms in total. The highest BCUT2D eigenvalue weighted by Crippen LogP contribution is 2.36. The number of benzene rings is 2. The largest absolute Gasteiger partial charge is 0.493 e. The number of rotatable bonds is 4. The summed E-state index contributed by atoms with van der Waals surface area (Å²) in [5.41, 5.74) is 2.82. The Kier molecular flexibility index (Phi) is 5.94. The van der Waals surface area contributed by atoms with Crippen LogP contribution in [0.1, 0.15) is 35.3 Å². The van der Waals surface area contributed by atoms with Crippen molar-refractivity contribution in [3.63, 3.8) is 0 Å². The fourth-order valence-corrected chi connectivity index (χ4v) is 4.46. The van der Waals surface area contributed by atoms with Gasteiger partial charge in [-0.3, -0.25) is 14.9 Å². The average Bonchev–Trinajstić information content (AvgIpc) is 3.16. The van der Waals surface area contributed by atoms with Gasteiger partial charge in [-0.2, -0.15) is 0 Å². The molecule has 0 fully saturated rings. The van der Waals surface area contributed by atoms with Gasteiger partial charge in [0.25, 0.3) is 5.91 Å². The molecule has 2 amide bonds. The van der Waals surface area contributed by atoms with Gasteiger partial charge in [-0.1, -0.05) is 23.2 Å². The first-order valence-corrected chi connectivity index (χ1v) is 10.8. The van der Waals surface area contributed by atoms with E-state index in [4.69, 9.17) is 27.9 Å². The van der Waals surface area contributed by atoms with Gasteiger partial charge in [0.05, 0.1) is 28.9 Å². The molecule has 9 heteroatoms. The third-order valence-electron chi connectivity index (χ3n) is 4.62. The Morgan fingerprint density at radius 1 is 1.20 bits per heavy atom. The number of carbonyl (C=O) groups excluding carboxylic acids is 2. The summed E-state index contributed by atoms with van der Waals surface area (Å²) >= 11 is 13.3. The molecule has 1 unspecified atom stereocenters. The van der Waals surface area contributed by atoms with Crippen LogP contribution in [-0.4, -0.2) is 23.4 Å². The highest BCUT2D eigenvalue weighted by atomic mass is 35.5. The average molecular weight is 462 g/mol. The molecule has 2 aromatic carbocycles. The van der Waals surface area contributed by atoms with E-state index in [1.807, 2.05) is 23.6 Å². The van der Waals surface area contributed by atoms with E-state index in [1.165, 1.54) is 24.3 Å². The van der Waals surface area contributed by atoms with Gasteiger partial charge in [0.15, 0.2) is 5.13 Å². The van der Waals surface area contributed by atoms with Crippen molar-refractivity contribution < 1.29 is 14.3 Å². The maximum atomic E-state index is 12.5. The maximum absolute atomic E-state index is 12.5. The van der Waals surface area contributed by atoms with Crippen molar-refractivity contribution in [1.29, 1.82) is 0 Å². The van der Waals surface area contributed by atoms with Crippen LogP contribution < -0.4 is 15.4 Å². The van der Waals surface area contributed by atoms with Crippen LogP contribution in [0.15, 0.2) is 41.8 Å². The lowest BCUT2D eigenvalue weighted by atomic mass is 9.97. The number of thiazole rings is 1. The van der Waals surface area contributed by atoms with Crippen molar-refractivity contribution in [3.8, 4) is 17.0 Å². The molecule has 2 N–H and O–H groups in total. The number of ether oxygens (including phenoxy) is 1. The first-order chi connectivity index (χ1) is 14.4. The van der Waals surface area contributed by atoms with Gasteiger partial charge in [-0.25, -0.2) is 4.98 Å². The van der Waals surface area contributed by atoms with E-state index in [0.29, 0.717) is 34.4 Å². The first-order valence-electron chi connectivity index (χ1n) is 9.17. The molecule has 0 saturated carbocycles. The zero-order chi connectivity index (χ0) is 21.3. The van der Waals surface area contributed by atoms with Gasteiger partial charge in [-0.15, -0.1) is 11.3 Å². The number of carbonyl (C=O) groups is 2. The molecule has 0 aliphatic carbocycles. The van der Waals surface area contributed by atoms with E-state index in [0.717, 1.165) is 16.9 Å². The molecule has 0 radical (unpaired) electrons. The summed E-state index contributed by atoms with van der Waals surface area (Å²) < 4.78 is 5.70. The third-order valence-corrected chi connectivity index (χ3v) is 5.93. The predicted octanol–water partition coefficient (Wildman–Crippen LogP) is 5.33. The molecule has 0 bridgehead atoms. The van der Waals surface area contributed by atoms with E-state index >= 15 is 0 Å². The van der Waals surface area contributed by atoms with Crippen molar-refractivity contribution in [2.24, 2.45) is 0 Å². The molecule has 2 heterocycles. The van der Waals surface area contributed by atoms with Gasteiger partial charge in [0.2, 0.25) is 5.91 Å². The minimum Gasteiger partial charge on any atom is -0.493 e. The van der Waals surface area contributed by atoms with Gasteiger partial charge in [-0.05, 0) is 36.4 Å². The number of anilines is 1. The number of hydrogen-bond donors (Lipinski definition) is 2. The Labute approximate surface area is 187 Å². The normalized spacial score (nSPS) is 15.1. The van der Waals surface area contributed by atoms with E-state index in [9.17, 15) is 9.59 Å². The Bertz CT molecular complexity index is 1130. The number of halogens is 2. The second kappa shape index (κ2) is 8.63. The van der Waals surface area contributed by atoms with Gasteiger partial charge < -0.3 is 10.1 Å². The lowest BCUT2D eigenvalue weighted by Crippen LogP contribution is -2.30. The number of amides is 2.